The number of aromatic nitrogens is 1. The highest BCUT2D eigenvalue weighted by atomic mass is 16.5. The van der Waals surface area contributed by atoms with Gasteiger partial charge in [-0.1, -0.05) is 0 Å². The van der Waals surface area contributed by atoms with Crippen LogP contribution in [0.1, 0.15) is 29.7 Å². The van der Waals surface area contributed by atoms with Crippen molar-refractivity contribution in [2.24, 2.45) is 0 Å². The van der Waals surface area contributed by atoms with E-state index < -0.39 is 0 Å². The molecule has 0 unspecified atom stereocenters. The Labute approximate surface area is 113 Å². The molecule has 0 spiro atoms. The van der Waals surface area contributed by atoms with E-state index in [1.807, 2.05) is 0 Å². The fourth-order valence-electron chi connectivity index (χ4n) is 3.50. The lowest BCUT2D eigenvalue weighted by molar-refractivity contribution is 0.289. The maximum absolute atomic E-state index is 5.82. The maximum atomic E-state index is 5.82. The topological polar surface area (TPSA) is 37.0 Å². The molecular weight excluding hydrogens is 236 g/mol. The van der Waals surface area contributed by atoms with Crippen LogP contribution in [0.4, 0.5) is 0 Å². The number of benzene rings is 1. The number of fused-ring (bicyclic) bond motifs is 5. The van der Waals surface area contributed by atoms with Crippen LogP contribution in [0, 0.1) is 0 Å². The Hall–Kier alpha value is -1.48. The van der Waals surface area contributed by atoms with Crippen molar-refractivity contribution >= 4 is 10.9 Å². The average molecular weight is 256 g/mol. The van der Waals surface area contributed by atoms with Crippen LogP contribution >= 0.6 is 0 Å². The number of ether oxygens (including phenoxy) is 1. The van der Waals surface area contributed by atoms with E-state index >= 15 is 0 Å². The van der Waals surface area contributed by atoms with Crippen molar-refractivity contribution in [3.05, 3.63) is 29.0 Å². The second kappa shape index (κ2) is 4.57. The van der Waals surface area contributed by atoms with Crippen LogP contribution in [0.5, 0.6) is 5.75 Å². The van der Waals surface area contributed by atoms with Gasteiger partial charge in [0.25, 0.3) is 0 Å². The first kappa shape index (κ1) is 11.4. The van der Waals surface area contributed by atoms with Gasteiger partial charge in [0.05, 0.1) is 6.61 Å². The van der Waals surface area contributed by atoms with E-state index in [0.717, 1.165) is 51.1 Å². The lowest BCUT2D eigenvalue weighted by Gasteiger charge is -2.19. The molecule has 2 aromatic rings. The van der Waals surface area contributed by atoms with Gasteiger partial charge in [-0.15, -0.1) is 0 Å². The number of rotatable bonds is 0. The summed E-state index contributed by atoms with van der Waals surface area (Å²) in [5.74, 6) is 1.11. The third-order valence-electron chi connectivity index (χ3n) is 4.38. The fourth-order valence-corrected chi connectivity index (χ4v) is 3.50. The van der Waals surface area contributed by atoms with Crippen LogP contribution in [-0.2, 0) is 19.3 Å². The van der Waals surface area contributed by atoms with Gasteiger partial charge in [-0.2, -0.15) is 0 Å². The standard InChI is InChI=1S/C16H20N2O/c1-4-13-11(7-9-17-8-1)16-12-3-2-10-19-15(12)6-5-14(16)18-13/h5-6,17-18H,1-4,7-10H2. The molecule has 3 heteroatoms. The third kappa shape index (κ3) is 1.84. The Kier molecular flexibility index (Phi) is 2.73. The van der Waals surface area contributed by atoms with Gasteiger partial charge < -0.3 is 15.0 Å². The summed E-state index contributed by atoms with van der Waals surface area (Å²) in [6.45, 7) is 3.09. The van der Waals surface area contributed by atoms with E-state index in [0.29, 0.717) is 0 Å². The van der Waals surface area contributed by atoms with Crippen molar-refractivity contribution in [3.63, 3.8) is 0 Å². The molecule has 1 aromatic carbocycles. The van der Waals surface area contributed by atoms with Crippen LogP contribution in [0.3, 0.4) is 0 Å². The van der Waals surface area contributed by atoms with E-state index in [2.05, 4.69) is 22.4 Å². The first-order valence-corrected chi connectivity index (χ1v) is 7.42. The van der Waals surface area contributed by atoms with Crippen molar-refractivity contribution in [2.45, 2.75) is 32.1 Å². The molecule has 0 fully saturated rings. The highest BCUT2D eigenvalue weighted by molar-refractivity contribution is 5.90. The van der Waals surface area contributed by atoms with Crippen LogP contribution in [0.15, 0.2) is 12.1 Å². The summed E-state index contributed by atoms with van der Waals surface area (Å²) in [4.78, 5) is 3.65. The van der Waals surface area contributed by atoms with Gasteiger partial charge in [0.15, 0.2) is 0 Å². The summed E-state index contributed by atoms with van der Waals surface area (Å²) < 4.78 is 5.82. The molecule has 4 rings (SSSR count). The number of hydrogen-bond donors (Lipinski definition) is 2. The molecule has 2 aliphatic heterocycles. The molecule has 0 atom stereocenters. The predicted molar refractivity (Wildman–Crippen MR) is 77.0 cm³/mol. The summed E-state index contributed by atoms with van der Waals surface area (Å²) in [5.41, 5.74) is 5.72. The summed E-state index contributed by atoms with van der Waals surface area (Å²) in [6, 6.07) is 4.33. The largest absolute Gasteiger partial charge is 0.493 e. The lowest BCUT2D eigenvalue weighted by atomic mass is 9.96. The Morgan fingerprint density at radius 1 is 0.947 bits per heavy atom. The van der Waals surface area contributed by atoms with E-state index in [1.165, 1.54) is 34.1 Å². The molecule has 0 aliphatic carbocycles. The van der Waals surface area contributed by atoms with Gasteiger partial charge in [-0.05, 0) is 62.9 Å². The Morgan fingerprint density at radius 3 is 2.95 bits per heavy atom. The smallest absolute Gasteiger partial charge is 0.123 e. The minimum Gasteiger partial charge on any atom is -0.493 e. The third-order valence-corrected chi connectivity index (χ3v) is 4.38. The van der Waals surface area contributed by atoms with E-state index in [1.54, 1.807) is 0 Å². The Bertz CT molecular complexity index is 615. The summed E-state index contributed by atoms with van der Waals surface area (Å²) >= 11 is 0. The van der Waals surface area contributed by atoms with Gasteiger partial charge >= 0.3 is 0 Å². The number of nitrogens with one attached hydrogen (secondary N) is 2. The van der Waals surface area contributed by atoms with Crippen LogP contribution in [0.25, 0.3) is 10.9 Å². The van der Waals surface area contributed by atoms with Crippen molar-refractivity contribution in [2.75, 3.05) is 19.7 Å². The van der Waals surface area contributed by atoms with Crippen LogP contribution in [0.2, 0.25) is 0 Å². The first-order chi connectivity index (χ1) is 9.43. The van der Waals surface area contributed by atoms with E-state index in [4.69, 9.17) is 4.74 Å². The zero-order valence-electron chi connectivity index (χ0n) is 11.2. The quantitative estimate of drug-likeness (QED) is 0.760. The Balaban J connectivity index is 1.94. The van der Waals surface area contributed by atoms with Crippen LogP contribution < -0.4 is 10.1 Å². The monoisotopic (exact) mass is 256 g/mol. The molecule has 2 aliphatic rings. The van der Waals surface area contributed by atoms with Gasteiger partial charge in [0.1, 0.15) is 5.75 Å². The Morgan fingerprint density at radius 2 is 1.95 bits per heavy atom. The highest BCUT2D eigenvalue weighted by Gasteiger charge is 2.20. The van der Waals surface area contributed by atoms with Gasteiger partial charge in [-0.25, -0.2) is 0 Å². The normalized spacial score (nSPS) is 19.2. The molecule has 0 radical (unpaired) electrons. The van der Waals surface area contributed by atoms with Crippen molar-refractivity contribution in [3.8, 4) is 5.75 Å². The SMILES string of the molecule is c1cc2[nH]c3c(c2c2c1OCCC2)CCNCCC3. The second-order valence-corrected chi connectivity index (χ2v) is 5.60. The number of aromatic amines is 1. The van der Waals surface area contributed by atoms with Gasteiger partial charge in [-0.3, -0.25) is 0 Å². The minimum atomic E-state index is 0.868. The van der Waals surface area contributed by atoms with Crippen LogP contribution in [-0.4, -0.2) is 24.7 Å². The highest BCUT2D eigenvalue weighted by Crippen LogP contribution is 2.36. The van der Waals surface area contributed by atoms with Crippen molar-refractivity contribution in [1.82, 2.24) is 10.3 Å². The lowest BCUT2D eigenvalue weighted by Crippen LogP contribution is -2.22. The van der Waals surface area contributed by atoms with E-state index in [-0.39, 0.29) is 0 Å². The van der Waals surface area contributed by atoms with Gasteiger partial charge in [0.2, 0.25) is 0 Å². The maximum Gasteiger partial charge on any atom is 0.123 e. The molecule has 19 heavy (non-hydrogen) atoms. The number of hydrogen-bond acceptors (Lipinski definition) is 2. The molecule has 3 nitrogen and oxygen atoms in total. The summed E-state index contributed by atoms with van der Waals surface area (Å²) in [5, 5.41) is 4.97. The zero-order chi connectivity index (χ0) is 12.7. The first-order valence-electron chi connectivity index (χ1n) is 7.42. The molecule has 2 N–H and O–H groups in total. The second-order valence-electron chi connectivity index (χ2n) is 5.60. The molecular formula is C16H20N2O. The molecule has 0 saturated heterocycles. The molecule has 1 aromatic heterocycles. The molecule has 3 heterocycles. The molecule has 0 saturated carbocycles. The number of aryl methyl sites for hydroxylation is 2. The molecule has 100 valence electrons. The summed E-state index contributed by atoms with van der Waals surface area (Å²) in [6.07, 6.45) is 5.81. The van der Waals surface area contributed by atoms with Gasteiger partial charge in [0, 0.05) is 22.2 Å². The molecule has 0 amide bonds. The minimum absolute atomic E-state index is 0.868. The van der Waals surface area contributed by atoms with Crippen molar-refractivity contribution < 1.29 is 4.74 Å². The fraction of sp³-hybridized carbons (Fsp3) is 0.500. The predicted octanol–water partition coefficient (Wildman–Crippen LogP) is 2.57. The van der Waals surface area contributed by atoms with E-state index in [9.17, 15) is 0 Å². The average Bonchev–Trinajstić information content (AvgIpc) is 2.76. The zero-order valence-corrected chi connectivity index (χ0v) is 11.2. The van der Waals surface area contributed by atoms with Crippen molar-refractivity contribution in [1.29, 1.82) is 0 Å². The summed E-state index contributed by atoms with van der Waals surface area (Å²) in [7, 11) is 0. The molecule has 0 bridgehead atoms. The number of H-pyrrole nitrogens is 1.